The van der Waals surface area contributed by atoms with Crippen LogP contribution in [0.25, 0.3) is 10.2 Å². The molecule has 2 aliphatic rings. The molecule has 1 unspecified atom stereocenters. The molecule has 0 bridgehead atoms. The fourth-order valence-electron chi connectivity index (χ4n) is 5.51. The van der Waals surface area contributed by atoms with Gasteiger partial charge in [0, 0.05) is 11.8 Å². The molecule has 3 aromatic rings. The number of para-hydroxylation sites is 1. The molecule has 1 aliphatic carbocycles. The van der Waals surface area contributed by atoms with Crippen LogP contribution >= 0.6 is 11.3 Å². The standard InChI is InChI=1S/C29H35N3O8S/c1-16-22-25(34)32(29(2,3)27(35)36)28(37)31(26(22)41-23(16)24-30-13-14-39-24)15-21(19-7-5-6-8-20(19)38-4)40-18-11-9-17(33)10-12-18/h5-8,13-14,17-18,21,24,30,33H,9-12,15H2,1-4H3,(H,35,36)/t17?,18?,21-,24?/m0/s1. The number of rotatable bonds is 9. The Morgan fingerprint density at radius 2 is 1.93 bits per heavy atom. The van der Waals surface area contributed by atoms with E-state index in [0.717, 1.165) is 10.1 Å². The lowest BCUT2D eigenvalue weighted by Gasteiger charge is -2.31. The summed E-state index contributed by atoms with van der Waals surface area (Å²) < 4.78 is 20.2. The summed E-state index contributed by atoms with van der Waals surface area (Å²) in [4.78, 5) is 41.4. The van der Waals surface area contributed by atoms with Crippen LogP contribution in [-0.2, 0) is 26.4 Å². The highest BCUT2D eigenvalue weighted by Gasteiger charge is 2.37. The number of methoxy groups -OCH3 is 1. The van der Waals surface area contributed by atoms with E-state index >= 15 is 0 Å². The van der Waals surface area contributed by atoms with Gasteiger partial charge in [0.2, 0.25) is 6.23 Å². The summed E-state index contributed by atoms with van der Waals surface area (Å²) in [6.07, 6.45) is 3.97. The minimum absolute atomic E-state index is 0.00132. The van der Waals surface area contributed by atoms with Gasteiger partial charge in [-0.3, -0.25) is 9.36 Å². The third-order valence-corrected chi connectivity index (χ3v) is 9.29. The molecule has 1 aromatic carbocycles. The molecule has 0 amide bonds. The number of benzene rings is 1. The maximum Gasteiger partial charge on any atom is 0.333 e. The molecule has 12 heteroatoms. The SMILES string of the molecule is COc1ccccc1[C@H](Cn1c(=O)n(C(C)(C)C(=O)O)c(=O)c2c(C)c(C3NC=CO3)sc21)OC1CCC(O)CC1. The zero-order valence-corrected chi connectivity index (χ0v) is 24.3. The number of nitrogens with one attached hydrogen (secondary N) is 1. The number of aryl methyl sites for hydroxylation is 1. The molecule has 220 valence electrons. The van der Waals surface area contributed by atoms with Crippen molar-refractivity contribution in [3.05, 3.63) is 73.6 Å². The van der Waals surface area contributed by atoms with Crippen molar-refractivity contribution in [3.8, 4) is 5.75 Å². The van der Waals surface area contributed by atoms with E-state index in [4.69, 9.17) is 14.2 Å². The van der Waals surface area contributed by atoms with Crippen molar-refractivity contribution >= 4 is 27.5 Å². The van der Waals surface area contributed by atoms with Crippen molar-refractivity contribution < 1.29 is 29.2 Å². The van der Waals surface area contributed by atoms with Gasteiger partial charge in [-0.15, -0.1) is 11.3 Å². The Kier molecular flexibility index (Phi) is 8.00. The molecule has 5 rings (SSSR count). The molecular formula is C29H35N3O8S. The summed E-state index contributed by atoms with van der Waals surface area (Å²) in [5, 5.41) is 23.4. The number of ether oxygens (including phenoxy) is 3. The first kappa shape index (κ1) is 28.9. The molecule has 1 saturated carbocycles. The predicted octanol–water partition coefficient (Wildman–Crippen LogP) is 3.51. The van der Waals surface area contributed by atoms with Crippen LogP contribution in [0.4, 0.5) is 0 Å². The second-order valence-electron chi connectivity index (χ2n) is 11.0. The molecular weight excluding hydrogens is 550 g/mol. The third kappa shape index (κ3) is 5.27. The highest BCUT2D eigenvalue weighted by Crippen LogP contribution is 2.37. The van der Waals surface area contributed by atoms with Gasteiger partial charge in [0.05, 0.1) is 36.1 Å². The lowest BCUT2D eigenvalue weighted by molar-refractivity contribution is -0.146. The van der Waals surface area contributed by atoms with E-state index in [2.05, 4.69) is 5.32 Å². The van der Waals surface area contributed by atoms with E-state index in [-0.39, 0.29) is 24.1 Å². The zero-order chi connectivity index (χ0) is 29.5. The van der Waals surface area contributed by atoms with Gasteiger partial charge in [-0.1, -0.05) is 18.2 Å². The Morgan fingerprint density at radius 3 is 2.56 bits per heavy atom. The number of thiophene rings is 1. The van der Waals surface area contributed by atoms with E-state index in [9.17, 15) is 24.6 Å². The first-order valence-electron chi connectivity index (χ1n) is 13.6. The number of carbonyl (C=O) groups is 1. The fourth-order valence-corrected chi connectivity index (χ4v) is 6.81. The molecule has 0 spiro atoms. The van der Waals surface area contributed by atoms with Crippen LogP contribution in [0.1, 0.15) is 67.9 Å². The first-order valence-corrected chi connectivity index (χ1v) is 14.4. The number of hydrogen-bond acceptors (Lipinski definition) is 9. The molecule has 11 nitrogen and oxygen atoms in total. The first-order chi connectivity index (χ1) is 19.5. The van der Waals surface area contributed by atoms with Crippen molar-refractivity contribution in [2.75, 3.05) is 7.11 Å². The van der Waals surface area contributed by atoms with E-state index in [1.807, 2.05) is 24.3 Å². The quantitative estimate of drug-likeness (QED) is 0.344. The minimum Gasteiger partial charge on any atom is -0.496 e. The fraction of sp³-hybridized carbons (Fsp3) is 0.483. The third-order valence-electron chi connectivity index (χ3n) is 7.93. The number of carboxylic acid groups (broad SMARTS) is 1. The van der Waals surface area contributed by atoms with Crippen LogP contribution in [0, 0.1) is 6.92 Å². The molecule has 2 aromatic heterocycles. The van der Waals surface area contributed by atoms with E-state index < -0.39 is 35.1 Å². The Hall–Kier alpha value is -3.61. The Morgan fingerprint density at radius 1 is 1.22 bits per heavy atom. The molecule has 2 atom stereocenters. The van der Waals surface area contributed by atoms with Gasteiger partial charge in [-0.05, 0) is 58.1 Å². The summed E-state index contributed by atoms with van der Waals surface area (Å²) in [6.45, 7) is 4.45. The molecule has 1 aliphatic heterocycles. The van der Waals surface area contributed by atoms with Crippen molar-refractivity contribution in [2.45, 2.75) is 83.1 Å². The summed E-state index contributed by atoms with van der Waals surface area (Å²) in [6, 6.07) is 7.38. The summed E-state index contributed by atoms with van der Waals surface area (Å²) in [7, 11) is 1.56. The number of aliphatic carboxylic acids is 1. The van der Waals surface area contributed by atoms with Crippen LogP contribution in [0.5, 0.6) is 5.75 Å². The highest BCUT2D eigenvalue weighted by molar-refractivity contribution is 7.19. The maximum atomic E-state index is 14.1. The Labute approximate surface area is 240 Å². The predicted molar refractivity (Wildman–Crippen MR) is 153 cm³/mol. The summed E-state index contributed by atoms with van der Waals surface area (Å²) in [5.74, 6) is -0.728. The normalized spacial score (nSPS) is 21.4. The largest absolute Gasteiger partial charge is 0.496 e. The molecule has 0 radical (unpaired) electrons. The number of aliphatic hydroxyl groups is 1. The summed E-state index contributed by atoms with van der Waals surface area (Å²) >= 11 is 1.25. The van der Waals surface area contributed by atoms with Crippen molar-refractivity contribution in [1.82, 2.24) is 14.5 Å². The second-order valence-corrected chi connectivity index (χ2v) is 12.0. The van der Waals surface area contributed by atoms with Crippen LogP contribution in [-0.4, -0.2) is 44.6 Å². The van der Waals surface area contributed by atoms with Gasteiger partial charge in [0.1, 0.15) is 28.5 Å². The average molecular weight is 586 g/mol. The van der Waals surface area contributed by atoms with Gasteiger partial charge in [-0.25, -0.2) is 14.2 Å². The number of nitrogens with zero attached hydrogens (tertiary/aromatic N) is 2. The van der Waals surface area contributed by atoms with E-state index in [1.54, 1.807) is 20.2 Å². The average Bonchev–Trinajstić information content (AvgIpc) is 3.59. The molecule has 3 N–H and O–H groups in total. The van der Waals surface area contributed by atoms with Gasteiger partial charge >= 0.3 is 11.7 Å². The molecule has 3 heterocycles. The van der Waals surface area contributed by atoms with E-state index in [1.165, 1.54) is 36.0 Å². The lowest BCUT2D eigenvalue weighted by atomic mass is 9.94. The Bertz CT molecular complexity index is 1590. The topological polar surface area (TPSA) is 141 Å². The number of fused-ring (bicyclic) bond motifs is 1. The smallest absolute Gasteiger partial charge is 0.333 e. The van der Waals surface area contributed by atoms with Gasteiger partial charge in [0.25, 0.3) is 5.56 Å². The lowest BCUT2D eigenvalue weighted by Crippen LogP contribution is -2.52. The van der Waals surface area contributed by atoms with Gasteiger partial charge < -0.3 is 29.7 Å². The van der Waals surface area contributed by atoms with Crippen molar-refractivity contribution in [3.63, 3.8) is 0 Å². The van der Waals surface area contributed by atoms with Gasteiger partial charge in [0.15, 0.2) is 0 Å². The maximum absolute atomic E-state index is 14.1. The Balaban J connectivity index is 1.71. The second kappa shape index (κ2) is 11.3. The van der Waals surface area contributed by atoms with Crippen LogP contribution in [0.2, 0.25) is 0 Å². The van der Waals surface area contributed by atoms with Crippen molar-refractivity contribution in [1.29, 1.82) is 0 Å². The minimum atomic E-state index is -1.82. The number of aromatic nitrogens is 2. The number of carboxylic acids is 1. The van der Waals surface area contributed by atoms with E-state index in [0.29, 0.717) is 46.7 Å². The zero-order valence-electron chi connectivity index (χ0n) is 23.5. The van der Waals surface area contributed by atoms with Crippen molar-refractivity contribution in [2.24, 2.45) is 0 Å². The number of aliphatic hydroxyl groups excluding tert-OH is 1. The number of hydrogen-bond donors (Lipinski definition) is 3. The van der Waals surface area contributed by atoms with Crippen LogP contribution in [0.15, 0.2) is 46.3 Å². The monoisotopic (exact) mass is 585 g/mol. The highest BCUT2D eigenvalue weighted by atomic mass is 32.1. The molecule has 1 fully saturated rings. The van der Waals surface area contributed by atoms with Gasteiger partial charge in [-0.2, -0.15) is 0 Å². The van der Waals surface area contributed by atoms with Crippen LogP contribution < -0.4 is 21.3 Å². The molecule has 0 saturated heterocycles. The van der Waals surface area contributed by atoms with Crippen LogP contribution in [0.3, 0.4) is 0 Å². The summed E-state index contributed by atoms with van der Waals surface area (Å²) in [5.41, 5.74) is -1.91. The molecule has 41 heavy (non-hydrogen) atoms.